The summed E-state index contributed by atoms with van der Waals surface area (Å²) in [6, 6.07) is 22.6. The SMILES string of the molecule is O=c1c2ccccc2[nH]c(=S)n1-c1ccc(Nc2nc3ccccc3o2)cc1. The maximum Gasteiger partial charge on any atom is 0.300 e. The van der Waals surface area contributed by atoms with Gasteiger partial charge in [0.05, 0.1) is 16.6 Å². The van der Waals surface area contributed by atoms with Gasteiger partial charge in [-0.1, -0.05) is 24.3 Å². The van der Waals surface area contributed by atoms with Gasteiger partial charge in [0.25, 0.3) is 11.6 Å². The zero-order valence-electron chi connectivity index (χ0n) is 14.5. The van der Waals surface area contributed by atoms with Crippen molar-refractivity contribution in [2.24, 2.45) is 0 Å². The van der Waals surface area contributed by atoms with E-state index in [0.29, 0.717) is 21.9 Å². The Labute approximate surface area is 164 Å². The van der Waals surface area contributed by atoms with Crippen LogP contribution in [-0.2, 0) is 0 Å². The van der Waals surface area contributed by atoms with Crippen molar-refractivity contribution < 1.29 is 4.42 Å². The van der Waals surface area contributed by atoms with Crippen LogP contribution in [-0.4, -0.2) is 14.5 Å². The van der Waals surface area contributed by atoms with E-state index < -0.39 is 0 Å². The zero-order valence-corrected chi connectivity index (χ0v) is 15.4. The third kappa shape index (κ3) is 2.78. The molecule has 0 amide bonds. The topological polar surface area (TPSA) is 75.8 Å². The number of para-hydroxylation sites is 3. The molecule has 0 atom stereocenters. The molecule has 6 nitrogen and oxygen atoms in total. The predicted octanol–water partition coefficient (Wildman–Crippen LogP) is 4.93. The molecule has 5 aromatic rings. The molecule has 0 bridgehead atoms. The minimum atomic E-state index is -0.154. The normalized spacial score (nSPS) is 11.1. The first-order valence-corrected chi connectivity index (χ1v) is 9.07. The molecule has 2 N–H and O–H groups in total. The van der Waals surface area contributed by atoms with Crippen LogP contribution in [0.15, 0.2) is 82.0 Å². The average Bonchev–Trinajstić information content (AvgIpc) is 3.11. The number of nitrogens with zero attached hydrogens (tertiary/aromatic N) is 2. The second-order valence-corrected chi connectivity index (χ2v) is 6.66. The van der Waals surface area contributed by atoms with Crippen LogP contribution in [0, 0.1) is 4.77 Å². The molecule has 0 aliphatic rings. The molecule has 0 saturated heterocycles. The quantitative estimate of drug-likeness (QED) is 0.430. The number of oxazole rings is 1. The number of nitrogens with one attached hydrogen (secondary N) is 2. The molecule has 2 aromatic heterocycles. The van der Waals surface area contributed by atoms with Crippen molar-refractivity contribution in [3.05, 3.63) is 87.9 Å². The Balaban J connectivity index is 1.51. The summed E-state index contributed by atoms with van der Waals surface area (Å²) in [6.45, 7) is 0. The third-order valence-corrected chi connectivity index (χ3v) is 4.76. The number of anilines is 2. The Morgan fingerprint density at radius 3 is 2.54 bits per heavy atom. The minimum Gasteiger partial charge on any atom is -0.423 e. The van der Waals surface area contributed by atoms with Crippen LogP contribution in [0.4, 0.5) is 11.7 Å². The Kier molecular flexibility index (Phi) is 3.80. The molecule has 0 fully saturated rings. The second-order valence-electron chi connectivity index (χ2n) is 6.27. The Bertz CT molecular complexity index is 1400. The van der Waals surface area contributed by atoms with E-state index >= 15 is 0 Å². The van der Waals surface area contributed by atoms with Gasteiger partial charge in [0, 0.05) is 5.69 Å². The molecule has 7 heteroatoms. The van der Waals surface area contributed by atoms with Crippen molar-refractivity contribution in [3.8, 4) is 5.69 Å². The largest absolute Gasteiger partial charge is 0.423 e. The number of hydrogen-bond acceptors (Lipinski definition) is 5. The first-order valence-electron chi connectivity index (χ1n) is 8.66. The molecule has 136 valence electrons. The van der Waals surface area contributed by atoms with Crippen molar-refractivity contribution in [1.29, 1.82) is 0 Å². The van der Waals surface area contributed by atoms with Gasteiger partial charge in [0.2, 0.25) is 0 Å². The molecule has 2 heterocycles. The molecule has 28 heavy (non-hydrogen) atoms. The lowest BCUT2D eigenvalue weighted by molar-refractivity contribution is 0.623. The van der Waals surface area contributed by atoms with Crippen LogP contribution in [0.25, 0.3) is 27.7 Å². The number of benzene rings is 3. The predicted molar refractivity (Wildman–Crippen MR) is 112 cm³/mol. The van der Waals surface area contributed by atoms with Gasteiger partial charge in [-0.15, -0.1) is 0 Å². The highest BCUT2D eigenvalue weighted by Crippen LogP contribution is 2.22. The molecule has 0 radical (unpaired) electrons. The first kappa shape index (κ1) is 16.5. The van der Waals surface area contributed by atoms with Crippen LogP contribution in [0.5, 0.6) is 0 Å². The molecule has 0 spiro atoms. The Morgan fingerprint density at radius 2 is 1.71 bits per heavy atom. The van der Waals surface area contributed by atoms with Gasteiger partial charge in [-0.2, -0.15) is 4.98 Å². The summed E-state index contributed by atoms with van der Waals surface area (Å²) in [5.74, 6) is 0. The van der Waals surface area contributed by atoms with Crippen LogP contribution < -0.4 is 10.9 Å². The average molecular weight is 386 g/mol. The minimum absolute atomic E-state index is 0.154. The van der Waals surface area contributed by atoms with Gasteiger partial charge >= 0.3 is 0 Å². The van der Waals surface area contributed by atoms with E-state index in [1.165, 1.54) is 4.57 Å². The monoisotopic (exact) mass is 386 g/mol. The first-order chi connectivity index (χ1) is 13.7. The lowest BCUT2D eigenvalue weighted by Crippen LogP contribution is -2.20. The molecule has 0 aliphatic carbocycles. The van der Waals surface area contributed by atoms with Crippen molar-refractivity contribution in [2.75, 3.05) is 5.32 Å². The van der Waals surface area contributed by atoms with Crippen molar-refractivity contribution in [1.82, 2.24) is 14.5 Å². The van der Waals surface area contributed by atoms with Crippen LogP contribution in [0.1, 0.15) is 0 Å². The number of H-pyrrole nitrogens is 1. The van der Waals surface area contributed by atoms with Gasteiger partial charge < -0.3 is 14.7 Å². The van der Waals surface area contributed by atoms with E-state index in [1.54, 1.807) is 6.07 Å². The van der Waals surface area contributed by atoms with Gasteiger partial charge in [-0.25, -0.2) is 0 Å². The number of aromatic nitrogens is 3. The fourth-order valence-electron chi connectivity index (χ4n) is 3.14. The van der Waals surface area contributed by atoms with Gasteiger partial charge in [-0.3, -0.25) is 9.36 Å². The van der Waals surface area contributed by atoms with Gasteiger partial charge in [0.15, 0.2) is 10.4 Å². The maximum atomic E-state index is 12.9. The van der Waals surface area contributed by atoms with Gasteiger partial charge in [-0.05, 0) is 60.7 Å². The molecular formula is C21H14N4O2S. The molecule has 3 aromatic carbocycles. The summed E-state index contributed by atoms with van der Waals surface area (Å²) < 4.78 is 7.51. The Hall–Kier alpha value is -3.71. The summed E-state index contributed by atoms with van der Waals surface area (Å²) in [6.07, 6.45) is 0. The zero-order chi connectivity index (χ0) is 19.1. The highest BCUT2D eigenvalue weighted by molar-refractivity contribution is 7.71. The highest BCUT2D eigenvalue weighted by Gasteiger charge is 2.08. The summed E-state index contributed by atoms with van der Waals surface area (Å²) in [4.78, 5) is 20.4. The number of aromatic amines is 1. The fourth-order valence-corrected chi connectivity index (χ4v) is 3.44. The van der Waals surface area contributed by atoms with Gasteiger partial charge in [0.1, 0.15) is 5.52 Å². The fraction of sp³-hybridized carbons (Fsp3) is 0. The van der Waals surface area contributed by atoms with E-state index in [-0.39, 0.29) is 5.56 Å². The molecule has 0 saturated carbocycles. The Morgan fingerprint density at radius 1 is 0.964 bits per heavy atom. The van der Waals surface area contributed by atoms with Crippen molar-refractivity contribution in [2.45, 2.75) is 0 Å². The molecule has 5 rings (SSSR count). The second kappa shape index (κ2) is 6.47. The molecule has 0 aliphatic heterocycles. The lowest BCUT2D eigenvalue weighted by Gasteiger charge is -2.09. The number of fused-ring (bicyclic) bond motifs is 2. The molecular weight excluding hydrogens is 372 g/mol. The standard InChI is InChI=1S/C21H14N4O2S/c26-19-15-5-1-2-6-16(15)24-21(28)25(19)14-11-9-13(10-12-14)22-20-23-17-7-3-4-8-18(17)27-20/h1-12H,(H,22,23)(H,24,28). The van der Waals surface area contributed by atoms with E-state index in [4.69, 9.17) is 16.6 Å². The smallest absolute Gasteiger partial charge is 0.300 e. The van der Waals surface area contributed by atoms with Crippen LogP contribution in [0.2, 0.25) is 0 Å². The summed E-state index contributed by atoms with van der Waals surface area (Å²) in [5.41, 5.74) is 3.55. The highest BCUT2D eigenvalue weighted by atomic mass is 32.1. The van der Waals surface area contributed by atoms with E-state index in [2.05, 4.69) is 15.3 Å². The van der Waals surface area contributed by atoms with Crippen molar-refractivity contribution in [3.63, 3.8) is 0 Å². The lowest BCUT2D eigenvalue weighted by atomic mass is 10.2. The van der Waals surface area contributed by atoms with E-state index in [9.17, 15) is 4.79 Å². The third-order valence-electron chi connectivity index (χ3n) is 4.48. The molecule has 0 unspecified atom stereocenters. The van der Waals surface area contributed by atoms with E-state index in [0.717, 1.165) is 22.3 Å². The maximum absolute atomic E-state index is 12.9. The summed E-state index contributed by atoms with van der Waals surface area (Å²) in [5, 5.41) is 3.72. The van der Waals surface area contributed by atoms with E-state index in [1.807, 2.05) is 66.7 Å². The summed E-state index contributed by atoms with van der Waals surface area (Å²) >= 11 is 5.39. The van der Waals surface area contributed by atoms with Crippen molar-refractivity contribution >= 4 is 45.9 Å². The number of rotatable bonds is 3. The summed E-state index contributed by atoms with van der Waals surface area (Å²) in [7, 11) is 0. The number of hydrogen-bond donors (Lipinski definition) is 2. The van der Waals surface area contributed by atoms with Crippen LogP contribution >= 0.6 is 12.2 Å². The van der Waals surface area contributed by atoms with Crippen LogP contribution in [0.3, 0.4) is 0 Å².